The molecule has 0 unspecified atom stereocenters. The van der Waals surface area contributed by atoms with E-state index in [4.69, 9.17) is 5.11 Å². The van der Waals surface area contributed by atoms with Crippen LogP contribution in [0.5, 0.6) is 0 Å². The van der Waals surface area contributed by atoms with Gasteiger partial charge in [-0.25, -0.2) is 4.39 Å². The Kier molecular flexibility index (Phi) is 5.67. The lowest BCUT2D eigenvalue weighted by Gasteiger charge is -2.03. The van der Waals surface area contributed by atoms with Gasteiger partial charge in [-0.05, 0) is 35.9 Å². The van der Waals surface area contributed by atoms with E-state index in [0.717, 1.165) is 21.8 Å². The number of halogens is 1. The summed E-state index contributed by atoms with van der Waals surface area (Å²) in [4.78, 5) is 0.918. The van der Waals surface area contributed by atoms with E-state index in [1.54, 1.807) is 17.8 Å². The van der Waals surface area contributed by atoms with Crippen molar-refractivity contribution in [3.63, 3.8) is 0 Å². The van der Waals surface area contributed by atoms with Gasteiger partial charge < -0.3 is 5.11 Å². The van der Waals surface area contributed by atoms with E-state index < -0.39 is 0 Å². The topological polar surface area (TPSA) is 20.2 Å². The van der Waals surface area contributed by atoms with Crippen LogP contribution < -0.4 is 0 Å². The third kappa shape index (κ3) is 4.73. The van der Waals surface area contributed by atoms with Crippen molar-refractivity contribution in [2.24, 2.45) is 0 Å². The Morgan fingerprint density at radius 1 is 1.10 bits per heavy atom. The first-order valence-electron chi connectivity index (χ1n) is 6.35. The summed E-state index contributed by atoms with van der Waals surface area (Å²) in [6, 6.07) is 14.6. The zero-order valence-corrected chi connectivity index (χ0v) is 11.8. The van der Waals surface area contributed by atoms with Crippen LogP contribution in [-0.2, 0) is 5.75 Å². The Bertz CT molecular complexity index is 628. The summed E-state index contributed by atoms with van der Waals surface area (Å²) in [7, 11) is 0. The van der Waals surface area contributed by atoms with E-state index in [-0.39, 0.29) is 12.4 Å². The highest BCUT2D eigenvalue weighted by Crippen LogP contribution is 2.23. The van der Waals surface area contributed by atoms with Gasteiger partial charge in [0, 0.05) is 22.6 Å². The van der Waals surface area contributed by atoms with Crippen molar-refractivity contribution < 1.29 is 9.50 Å². The molecule has 2 aromatic carbocycles. The first-order chi connectivity index (χ1) is 9.78. The van der Waals surface area contributed by atoms with Gasteiger partial charge in [0.1, 0.15) is 5.82 Å². The lowest BCUT2D eigenvalue weighted by Crippen LogP contribution is -1.84. The molecule has 0 saturated heterocycles. The molecule has 0 amide bonds. The van der Waals surface area contributed by atoms with Crippen molar-refractivity contribution in [3.05, 3.63) is 65.5 Å². The van der Waals surface area contributed by atoms with Crippen LogP contribution in [0.15, 0.2) is 53.4 Å². The quantitative estimate of drug-likeness (QED) is 0.680. The van der Waals surface area contributed by atoms with Gasteiger partial charge in [0.15, 0.2) is 0 Å². The molecular weight excluding hydrogens is 271 g/mol. The smallest absolute Gasteiger partial charge is 0.124 e. The molecule has 0 fully saturated rings. The van der Waals surface area contributed by atoms with Gasteiger partial charge in [-0.3, -0.25) is 0 Å². The Balaban J connectivity index is 2.00. The van der Waals surface area contributed by atoms with Gasteiger partial charge in [0.2, 0.25) is 0 Å². The van der Waals surface area contributed by atoms with Crippen LogP contribution in [0.1, 0.15) is 17.5 Å². The fourth-order valence-electron chi connectivity index (χ4n) is 1.68. The summed E-state index contributed by atoms with van der Waals surface area (Å²) in [6.07, 6.45) is 0.488. The summed E-state index contributed by atoms with van der Waals surface area (Å²) in [5.74, 6) is 6.48. The van der Waals surface area contributed by atoms with E-state index in [9.17, 15) is 4.39 Å². The van der Waals surface area contributed by atoms with Crippen molar-refractivity contribution in [1.82, 2.24) is 0 Å². The Morgan fingerprint density at radius 2 is 1.95 bits per heavy atom. The molecule has 1 N–H and O–H groups in total. The van der Waals surface area contributed by atoms with Gasteiger partial charge in [0.25, 0.3) is 0 Å². The van der Waals surface area contributed by atoms with Gasteiger partial charge in [-0.2, -0.15) is 0 Å². The molecule has 0 aliphatic rings. The van der Waals surface area contributed by atoms with Gasteiger partial charge in [0.05, 0.1) is 6.61 Å². The van der Waals surface area contributed by atoms with Gasteiger partial charge in [-0.1, -0.05) is 30.0 Å². The molecule has 2 rings (SSSR count). The number of aliphatic hydroxyl groups excluding tert-OH is 1. The van der Waals surface area contributed by atoms with Gasteiger partial charge >= 0.3 is 0 Å². The van der Waals surface area contributed by atoms with Crippen molar-refractivity contribution in [1.29, 1.82) is 0 Å². The van der Waals surface area contributed by atoms with Crippen LogP contribution in [0.2, 0.25) is 0 Å². The first kappa shape index (κ1) is 14.6. The first-order valence-corrected chi connectivity index (χ1v) is 7.33. The highest BCUT2D eigenvalue weighted by molar-refractivity contribution is 7.98. The zero-order chi connectivity index (χ0) is 14.2. The highest BCUT2D eigenvalue weighted by atomic mass is 32.2. The van der Waals surface area contributed by atoms with Crippen LogP contribution in [0.4, 0.5) is 4.39 Å². The summed E-state index contributed by atoms with van der Waals surface area (Å²) >= 11 is 1.60. The van der Waals surface area contributed by atoms with Crippen LogP contribution >= 0.6 is 11.8 Å². The van der Waals surface area contributed by atoms with E-state index in [1.165, 1.54) is 12.1 Å². The predicted octanol–water partition coefficient (Wildman–Crippen LogP) is 3.85. The number of benzene rings is 2. The van der Waals surface area contributed by atoms with E-state index in [1.807, 2.05) is 30.3 Å². The highest BCUT2D eigenvalue weighted by Gasteiger charge is 1.99. The molecule has 2 aromatic rings. The maximum atomic E-state index is 13.1. The number of thioether (sulfide) groups is 1. The number of aliphatic hydroxyl groups is 1. The number of hydrogen-bond acceptors (Lipinski definition) is 2. The second kappa shape index (κ2) is 7.74. The summed E-state index contributed by atoms with van der Waals surface area (Å²) in [6.45, 7) is 0.0854. The molecule has 0 aliphatic carbocycles. The van der Waals surface area contributed by atoms with Crippen LogP contribution in [0.25, 0.3) is 0 Å². The average Bonchev–Trinajstić information content (AvgIpc) is 2.46. The molecule has 0 aromatic heterocycles. The Hall–Kier alpha value is -1.76. The fraction of sp³-hybridized carbons (Fsp3) is 0.176. The molecule has 0 radical (unpaired) electrons. The van der Waals surface area contributed by atoms with E-state index in [0.29, 0.717) is 6.42 Å². The minimum atomic E-state index is -0.210. The minimum absolute atomic E-state index is 0.0854. The summed E-state index contributed by atoms with van der Waals surface area (Å²) < 4.78 is 13.1. The SMILES string of the molecule is OCCC#Cc1cccc(CSc2cccc(F)c2)c1. The monoisotopic (exact) mass is 286 g/mol. The molecule has 0 saturated carbocycles. The van der Waals surface area contributed by atoms with Crippen molar-refractivity contribution in [2.45, 2.75) is 17.1 Å². The van der Waals surface area contributed by atoms with Crippen molar-refractivity contribution >= 4 is 11.8 Å². The van der Waals surface area contributed by atoms with Crippen molar-refractivity contribution in [2.75, 3.05) is 6.61 Å². The summed E-state index contributed by atoms with van der Waals surface area (Å²) in [5, 5.41) is 8.70. The van der Waals surface area contributed by atoms with Crippen LogP contribution in [0, 0.1) is 17.7 Å². The fourth-order valence-corrected chi connectivity index (χ4v) is 2.57. The molecule has 3 heteroatoms. The molecule has 0 spiro atoms. The normalized spacial score (nSPS) is 9.90. The number of hydrogen-bond donors (Lipinski definition) is 1. The van der Waals surface area contributed by atoms with E-state index in [2.05, 4.69) is 11.8 Å². The molecule has 1 nitrogen and oxygen atoms in total. The van der Waals surface area contributed by atoms with E-state index >= 15 is 0 Å². The lowest BCUT2D eigenvalue weighted by atomic mass is 10.1. The molecule has 102 valence electrons. The second-order valence-electron chi connectivity index (χ2n) is 4.22. The number of rotatable bonds is 4. The third-order valence-corrected chi connectivity index (χ3v) is 3.66. The van der Waals surface area contributed by atoms with Crippen LogP contribution in [-0.4, -0.2) is 11.7 Å². The van der Waals surface area contributed by atoms with Gasteiger partial charge in [-0.15, -0.1) is 11.8 Å². The maximum Gasteiger partial charge on any atom is 0.124 e. The summed E-state index contributed by atoms with van der Waals surface area (Å²) in [5.41, 5.74) is 2.09. The molecular formula is C17H15FOS. The predicted molar refractivity (Wildman–Crippen MR) is 81.0 cm³/mol. The molecule has 0 atom stereocenters. The maximum absolute atomic E-state index is 13.1. The Labute approximate surface area is 122 Å². The molecule has 0 aliphatic heterocycles. The lowest BCUT2D eigenvalue weighted by molar-refractivity contribution is 0.305. The average molecular weight is 286 g/mol. The molecule has 0 heterocycles. The largest absolute Gasteiger partial charge is 0.395 e. The van der Waals surface area contributed by atoms with Crippen LogP contribution in [0.3, 0.4) is 0 Å². The molecule has 20 heavy (non-hydrogen) atoms. The zero-order valence-electron chi connectivity index (χ0n) is 11.0. The molecule has 0 bridgehead atoms. The Morgan fingerprint density at radius 3 is 2.75 bits per heavy atom. The second-order valence-corrected chi connectivity index (χ2v) is 5.27. The third-order valence-electron chi connectivity index (χ3n) is 2.60. The van der Waals surface area contributed by atoms with Crippen molar-refractivity contribution in [3.8, 4) is 11.8 Å². The standard InChI is InChI=1S/C17H15FOS/c18-16-8-4-9-17(12-16)20-13-15-7-3-6-14(11-15)5-1-2-10-19/h3-4,6-9,11-12,19H,2,10,13H2. The minimum Gasteiger partial charge on any atom is -0.395 e.